The number of fused-ring (bicyclic) bond motifs is 2. The van der Waals surface area contributed by atoms with Gasteiger partial charge in [-0.3, -0.25) is 4.98 Å². The molecule has 0 atom stereocenters. The topological polar surface area (TPSA) is 158 Å². The predicted octanol–water partition coefficient (Wildman–Crippen LogP) is 7.83. The van der Waals surface area contributed by atoms with Crippen LogP contribution in [0.3, 0.4) is 0 Å². The average molecular weight is 810 g/mol. The minimum absolute atomic E-state index is 0.356. The monoisotopic (exact) mass is 808 g/mol. The summed E-state index contributed by atoms with van der Waals surface area (Å²) >= 11 is 3.17. The number of nitrogen functional groups attached to an aromatic ring is 2. The molecule has 14 heteroatoms. The number of nitrogens with two attached hydrogens (primary N) is 2. The Labute approximate surface area is 334 Å². The first kappa shape index (κ1) is 38.3. The third kappa shape index (κ3) is 8.32. The van der Waals surface area contributed by atoms with Crippen molar-refractivity contribution in [2.75, 3.05) is 11.5 Å². The molecule has 2 aromatic carbocycles. The van der Waals surface area contributed by atoms with Crippen LogP contribution in [0.1, 0.15) is 39.1 Å². The van der Waals surface area contributed by atoms with Crippen LogP contribution in [0.5, 0.6) is 0 Å². The Bertz CT molecular complexity index is 2630. The lowest BCUT2D eigenvalue weighted by molar-refractivity contribution is 0.00578. The Morgan fingerprint density at radius 2 is 1.16 bits per heavy atom. The second kappa shape index (κ2) is 15.7. The van der Waals surface area contributed by atoms with Gasteiger partial charge in [0, 0.05) is 51.5 Å². The summed E-state index contributed by atoms with van der Waals surface area (Å²) in [6.45, 7) is 12.2. The zero-order valence-electron chi connectivity index (χ0n) is 32.1. The summed E-state index contributed by atoms with van der Waals surface area (Å²) in [6.07, 6.45) is 7.07. The summed E-state index contributed by atoms with van der Waals surface area (Å²) < 4.78 is 16.8. The van der Waals surface area contributed by atoms with Crippen molar-refractivity contribution in [3.05, 3.63) is 138 Å². The predicted molar refractivity (Wildman–Crippen MR) is 227 cm³/mol. The van der Waals surface area contributed by atoms with Crippen LogP contribution in [0.4, 0.5) is 11.4 Å². The minimum Gasteiger partial charge on any atom is -0.399 e. The molecule has 6 aromatic heterocycles. The minimum atomic E-state index is -0.386. The Hall–Kier alpha value is -5.96. The van der Waals surface area contributed by atoms with E-state index in [9.17, 15) is 0 Å². The standard InChI is InChI=1S/C19H22BN3O2.C18H15N5.C5H5BrN2/c1-13-7-6-8-17(22-13)23-16-11-15(10-9-14(16)12-21-23)20-24-18(2,3)19(4,5)25-20;1-12-3-2-4-18(22-12)23-17-9-13(5-6-14(17)11-21-23)16-10-15(19)7-8-20-16;6-5-3-4(7)1-2-8-5/h6-12H,1-5H3;2-11H,1H3,(H2,19,20);1-3H,(H2,7,8). The average Bonchev–Trinajstić information content (AvgIpc) is 3.84. The fraction of sp³-hybridized carbons (Fsp3) is 0.190. The quantitative estimate of drug-likeness (QED) is 0.133. The number of rotatable bonds is 4. The van der Waals surface area contributed by atoms with Crippen LogP contribution in [0.25, 0.3) is 44.7 Å². The Morgan fingerprint density at radius 1 is 0.625 bits per heavy atom. The van der Waals surface area contributed by atoms with E-state index in [4.69, 9.17) is 20.8 Å². The van der Waals surface area contributed by atoms with Gasteiger partial charge in [-0.15, -0.1) is 0 Å². The first-order chi connectivity index (χ1) is 26.8. The molecule has 12 nitrogen and oxygen atoms in total. The molecule has 0 spiro atoms. The summed E-state index contributed by atoms with van der Waals surface area (Å²) in [6, 6.07) is 31.3. The highest BCUT2D eigenvalue weighted by Gasteiger charge is 2.51. The van der Waals surface area contributed by atoms with Gasteiger partial charge < -0.3 is 20.8 Å². The molecule has 0 aliphatic carbocycles. The highest BCUT2D eigenvalue weighted by atomic mass is 79.9. The Morgan fingerprint density at radius 3 is 1.68 bits per heavy atom. The second-order valence-corrected chi connectivity index (χ2v) is 15.3. The number of benzene rings is 2. The van der Waals surface area contributed by atoms with Crippen molar-refractivity contribution >= 4 is 61.7 Å². The van der Waals surface area contributed by atoms with E-state index in [-0.39, 0.29) is 18.3 Å². The van der Waals surface area contributed by atoms with Crippen molar-refractivity contribution < 1.29 is 9.31 Å². The largest absolute Gasteiger partial charge is 0.494 e. The highest BCUT2D eigenvalue weighted by Crippen LogP contribution is 2.36. The summed E-state index contributed by atoms with van der Waals surface area (Å²) in [5, 5.41) is 11.1. The highest BCUT2D eigenvalue weighted by molar-refractivity contribution is 9.10. The van der Waals surface area contributed by atoms with Gasteiger partial charge >= 0.3 is 7.12 Å². The molecule has 8 aromatic rings. The molecule has 1 aliphatic rings. The van der Waals surface area contributed by atoms with Crippen LogP contribution >= 0.6 is 15.9 Å². The lowest BCUT2D eigenvalue weighted by Crippen LogP contribution is -2.41. The van der Waals surface area contributed by atoms with Crippen LogP contribution in [0, 0.1) is 13.8 Å². The van der Waals surface area contributed by atoms with E-state index >= 15 is 0 Å². The summed E-state index contributed by atoms with van der Waals surface area (Å²) in [7, 11) is -0.386. The summed E-state index contributed by atoms with van der Waals surface area (Å²) in [5.41, 5.74) is 18.7. The summed E-state index contributed by atoms with van der Waals surface area (Å²) in [4.78, 5) is 17.4. The van der Waals surface area contributed by atoms with Crippen LogP contribution in [-0.4, -0.2) is 57.8 Å². The zero-order valence-corrected chi connectivity index (χ0v) is 33.6. The van der Waals surface area contributed by atoms with E-state index in [0.29, 0.717) is 5.69 Å². The SMILES string of the molecule is Cc1cccc(-n2ncc3ccc(-c4cc(N)ccn4)cc32)n1.Cc1cccc(-n2ncc3ccc(B4OC(C)(C)C(C)(C)O4)cc32)n1.Nc1ccnc(Br)c1. The van der Waals surface area contributed by atoms with Crippen LogP contribution in [-0.2, 0) is 9.31 Å². The molecule has 0 bridgehead atoms. The van der Waals surface area contributed by atoms with Crippen molar-refractivity contribution in [1.82, 2.24) is 39.5 Å². The smallest absolute Gasteiger partial charge is 0.399 e. The first-order valence-electron chi connectivity index (χ1n) is 18.0. The number of halogens is 1. The fourth-order valence-electron chi connectivity index (χ4n) is 6.02. The molecule has 7 heterocycles. The van der Waals surface area contributed by atoms with Crippen LogP contribution in [0.15, 0.2) is 126 Å². The molecule has 282 valence electrons. The Kier molecular flexibility index (Phi) is 10.7. The number of hydrogen-bond donors (Lipinski definition) is 2. The van der Waals surface area contributed by atoms with Gasteiger partial charge in [0.25, 0.3) is 0 Å². The van der Waals surface area contributed by atoms with Gasteiger partial charge in [0.05, 0.1) is 40.3 Å². The van der Waals surface area contributed by atoms with Crippen molar-refractivity contribution in [2.45, 2.75) is 52.7 Å². The normalized spacial score (nSPS) is 14.2. The molecule has 0 radical (unpaired) electrons. The van der Waals surface area contributed by atoms with Gasteiger partial charge in [-0.05, 0) is 124 Å². The zero-order chi connectivity index (χ0) is 39.6. The van der Waals surface area contributed by atoms with Gasteiger partial charge in [0.15, 0.2) is 11.6 Å². The molecule has 1 aliphatic heterocycles. The van der Waals surface area contributed by atoms with E-state index in [0.717, 1.165) is 71.8 Å². The van der Waals surface area contributed by atoms with Crippen molar-refractivity contribution in [3.63, 3.8) is 0 Å². The molecule has 56 heavy (non-hydrogen) atoms. The first-order valence-corrected chi connectivity index (χ1v) is 18.8. The maximum absolute atomic E-state index is 6.17. The summed E-state index contributed by atoms with van der Waals surface area (Å²) in [5.74, 6) is 1.61. The number of anilines is 2. The molecule has 1 saturated heterocycles. The lowest BCUT2D eigenvalue weighted by atomic mass is 9.79. The fourth-order valence-corrected chi connectivity index (χ4v) is 6.40. The van der Waals surface area contributed by atoms with E-state index in [2.05, 4.69) is 92.0 Å². The molecule has 0 amide bonds. The van der Waals surface area contributed by atoms with E-state index < -0.39 is 0 Å². The molecule has 1 fully saturated rings. The maximum Gasteiger partial charge on any atom is 0.494 e. The van der Waals surface area contributed by atoms with Crippen molar-refractivity contribution in [3.8, 4) is 22.9 Å². The number of nitrogens with zero attached hydrogens (tertiary/aromatic N) is 8. The lowest BCUT2D eigenvalue weighted by Gasteiger charge is -2.32. The number of aromatic nitrogens is 8. The molecule has 4 N–H and O–H groups in total. The third-order valence-electron chi connectivity index (χ3n) is 9.70. The van der Waals surface area contributed by atoms with Gasteiger partial charge in [-0.25, -0.2) is 24.3 Å². The van der Waals surface area contributed by atoms with Gasteiger partial charge in [0.1, 0.15) is 4.60 Å². The van der Waals surface area contributed by atoms with Gasteiger partial charge in [-0.2, -0.15) is 10.2 Å². The molecular formula is C42H42BBrN10O2. The number of pyridine rings is 4. The number of hydrogen-bond acceptors (Lipinski definition) is 10. The van der Waals surface area contributed by atoms with E-state index in [1.807, 2.05) is 96.3 Å². The second-order valence-electron chi connectivity index (χ2n) is 14.5. The molecule has 9 rings (SSSR count). The Balaban J connectivity index is 0.000000144. The van der Waals surface area contributed by atoms with Crippen molar-refractivity contribution in [2.24, 2.45) is 0 Å². The van der Waals surface area contributed by atoms with Crippen molar-refractivity contribution in [1.29, 1.82) is 0 Å². The van der Waals surface area contributed by atoms with Crippen LogP contribution < -0.4 is 16.9 Å². The van der Waals surface area contributed by atoms with E-state index in [1.54, 1.807) is 30.6 Å². The number of aryl methyl sites for hydroxylation is 2. The third-order valence-corrected chi connectivity index (χ3v) is 10.1. The maximum atomic E-state index is 6.17. The molecule has 0 unspecified atom stereocenters. The van der Waals surface area contributed by atoms with Crippen LogP contribution in [0.2, 0.25) is 0 Å². The van der Waals surface area contributed by atoms with E-state index in [1.165, 1.54) is 0 Å². The van der Waals surface area contributed by atoms with Gasteiger partial charge in [-0.1, -0.05) is 36.4 Å². The van der Waals surface area contributed by atoms with Gasteiger partial charge in [0.2, 0.25) is 0 Å². The molecule has 0 saturated carbocycles. The molecular weight excluding hydrogens is 767 g/mol.